The monoisotopic (exact) mass is 491 g/mol. The van der Waals surface area contributed by atoms with Gasteiger partial charge in [0, 0.05) is 0 Å². The number of nitrogens with zero attached hydrogens (tertiary/aromatic N) is 2. The second kappa shape index (κ2) is 8.58. The number of thiocarbonyl (C=S) groups is 1. The highest BCUT2D eigenvalue weighted by atomic mass is 32.2. The van der Waals surface area contributed by atoms with Gasteiger partial charge in [0.1, 0.15) is 11.3 Å². The summed E-state index contributed by atoms with van der Waals surface area (Å²) in [4.78, 5) is 31.7. The van der Waals surface area contributed by atoms with Crippen LogP contribution in [0.2, 0.25) is 0 Å². The fourth-order valence-electron chi connectivity index (χ4n) is 3.35. The Balaban J connectivity index is 1.41. The lowest BCUT2D eigenvalue weighted by molar-refractivity contribution is -0.122. The van der Waals surface area contributed by atoms with Gasteiger partial charge in [-0.2, -0.15) is 0 Å². The number of thiazole rings is 1. The molecule has 2 aromatic heterocycles. The highest BCUT2D eigenvalue weighted by Crippen LogP contribution is 2.35. The van der Waals surface area contributed by atoms with Gasteiger partial charge in [0.25, 0.3) is 11.8 Å². The van der Waals surface area contributed by atoms with Crippen LogP contribution in [-0.4, -0.2) is 21.9 Å². The van der Waals surface area contributed by atoms with Crippen molar-refractivity contribution < 1.29 is 14.0 Å². The molecule has 1 aliphatic heterocycles. The van der Waals surface area contributed by atoms with Crippen molar-refractivity contribution in [1.29, 1.82) is 0 Å². The molecule has 5 rings (SSSR count). The summed E-state index contributed by atoms with van der Waals surface area (Å²) in [6.07, 6.45) is 1.44. The minimum atomic E-state index is -0.554. The van der Waals surface area contributed by atoms with Crippen LogP contribution in [0.5, 0.6) is 0 Å². The average Bonchev–Trinajstić information content (AvgIpc) is 3.39. The molecule has 0 saturated carbocycles. The van der Waals surface area contributed by atoms with Gasteiger partial charge in [-0.05, 0) is 91.4 Å². The van der Waals surface area contributed by atoms with Gasteiger partial charge < -0.3 is 4.42 Å². The highest BCUT2D eigenvalue weighted by molar-refractivity contribution is 8.01. The number of carbonyl (C=O) groups excluding carboxylic acids is 2. The van der Waals surface area contributed by atoms with E-state index in [-0.39, 0.29) is 10.7 Å². The Morgan fingerprint density at radius 3 is 2.70 bits per heavy atom. The smallest absolute Gasteiger partial charge is 0.270 e. The zero-order valence-electron chi connectivity index (χ0n) is 17.6. The van der Waals surface area contributed by atoms with E-state index in [1.165, 1.54) is 22.7 Å². The Morgan fingerprint density at radius 1 is 1.09 bits per heavy atom. The van der Waals surface area contributed by atoms with Gasteiger partial charge >= 0.3 is 0 Å². The first-order chi connectivity index (χ1) is 15.9. The first-order valence-electron chi connectivity index (χ1n) is 10.0. The third-order valence-electron chi connectivity index (χ3n) is 5.20. The number of fused-ring (bicyclic) bond motifs is 1. The van der Waals surface area contributed by atoms with E-state index >= 15 is 0 Å². The molecule has 164 valence electrons. The van der Waals surface area contributed by atoms with Crippen molar-refractivity contribution in [2.24, 2.45) is 0 Å². The molecule has 6 nitrogen and oxygen atoms in total. The maximum absolute atomic E-state index is 13.2. The number of rotatable bonds is 4. The molecule has 1 N–H and O–H groups in total. The second-order valence-corrected chi connectivity index (χ2v) is 10.1. The molecule has 0 radical (unpaired) electrons. The van der Waals surface area contributed by atoms with Gasteiger partial charge in [-0.25, -0.2) is 4.98 Å². The molecular weight excluding hydrogens is 474 g/mol. The number of nitrogens with one attached hydrogen (secondary N) is 1. The number of carbonyl (C=O) groups is 2. The van der Waals surface area contributed by atoms with E-state index in [0.717, 1.165) is 25.7 Å². The van der Waals surface area contributed by atoms with E-state index in [1.807, 2.05) is 50.2 Å². The van der Waals surface area contributed by atoms with Crippen molar-refractivity contribution in [2.75, 3.05) is 4.90 Å². The fourth-order valence-corrected chi connectivity index (χ4v) is 5.60. The third kappa shape index (κ3) is 4.22. The van der Waals surface area contributed by atoms with Crippen LogP contribution in [-0.2, 0) is 9.59 Å². The van der Waals surface area contributed by atoms with Crippen molar-refractivity contribution in [3.63, 3.8) is 0 Å². The third-order valence-corrected chi connectivity index (χ3v) is 7.50. The lowest BCUT2D eigenvalue weighted by Crippen LogP contribution is -2.54. The summed E-state index contributed by atoms with van der Waals surface area (Å²) in [5.41, 5.74) is 3.61. The molecule has 0 atom stereocenters. The normalized spacial score (nSPS) is 15.5. The largest absolute Gasteiger partial charge is 0.450 e. The number of anilines is 1. The summed E-state index contributed by atoms with van der Waals surface area (Å²) < 4.78 is 7.80. The average molecular weight is 492 g/mol. The first kappa shape index (κ1) is 21.6. The zero-order valence-corrected chi connectivity index (χ0v) is 20.1. The maximum Gasteiger partial charge on any atom is 0.270 e. The molecule has 4 aromatic rings. The van der Waals surface area contributed by atoms with Crippen LogP contribution in [0.1, 0.15) is 16.9 Å². The van der Waals surface area contributed by atoms with Gasteiger partial charge in [0.2, 0.25) is 0 Å². The van der Waals surface area contributed by atoms with Crippen LogP contribution in [0.25, 0.3) is 16.3 Å². The van der Waals surface area contributed by atoms with Crippen LogP contribution >= 0.6 is 35.3 Å². The number of hydrogen-bond acceptors (Lipinski definition) is 7. The van der Waals surface area contributed by atoms with E-state index in [9.17, 15) is 9.59 Å². The molecule has 0 spiro atoms. The van der Waals surface area contributed by atoms with Crippen LogP contribution in [0, 0.1) is 13.8 Å². The van der Waals surface area contributed by atoms with Crippen molar-refractivity contribution in [1.82, 2.24) is 10.3 Å². The molecule has 2 aromatic carbocycles. The number of furan rings is 1. The molecule has 9 heteroatoms. The minimum absolute atomic E-state index is 0.0484. The molecule has 1 saturated heterocycles. The summed E-state index contributed by atoms with van der Waals surface area (Å²) in [5.74, 6) is -0.657. The van der Waals surface area contributed by atoms with Gasteiger partial charge in [-0.1, -0.05) is 18.2 Å². The van der Waals surface area contributed by atoms with Crippen LogP contribution < -0.4 is 10.2 Å². The topological polar surface area (TPSA) is 75.4 Å². The number of hydrogen-bond donors (Lipinski definition) is 1. The Hall–Kier alpha value is -3.27. The number of amides is 2. The minimum Gasteiger partial charge on any atom is -0.450 e. The lowest BCUT2D eigenvalue weighted by atomic mass is 10.1. The molecular formula is C24H17N3O3S3. The van der Waals surface area contributed by atoms with Gasteiger partial charge in [-0.15, -0.1) is 11.3 Å². The SMILES string of the molecule is Cc1ccc(N2C(=O)/C(=C/c3ccc(Sc4nc5ccccc5s4)o3)C(=O)NC2=S)cc1C. The number of para-hydroxylation sites is 1. The van der Waals surface area contributed by atoms with Crippen molar-refractivity contribution >= 4 is 74.2 Å². The van der Waals surface area contributed by atoms with E-state index in [0.29, 0.717) is 16.5 Å². The fraction of sp³-hybridized carbons (Fsp3) is 0.0833. The summed E-state index contributed by atoms with van der Waals surface area (Å²) in [6, 6.07) is 17.0. The number of aromatic nitrogens is 1. The molecule has 1 aliphatic rings. The number of aryl methyl sites for hydroxylation is 2. The predicted molar refractivity (Wildman–Crippen MR) is 135 cm³/mol. The molecule has 0 bridgehead atoms. The Morgan fingerprint density at radius 2 is 1.91 bits per heavy atom. The Bertz CT molecular complexity index is 1430. The molecule has 33 heavy (non-hydrogen) atoms. The van der Waals surface area contributed by atoms with E-state index in [4.69, 9.17) is 16.6 Å². The summed E-state index contributed by atoms with van der Waals surface area (Å²) >= 11 is 8.24. The van der Waals surface area contributed by atoms with Crippen LogP contribution in [0.15, 0.2) is 74.0 Å². The van der Waals surface area contributed by atoms with E-state index in [1.54, 1.807) is 29.5 Å². The maximum atomic E-state index is 13.2. The summed E-state index contributed by atoms with van der Waals surface area (Å²) in [5, 5.41) is 3.27. The molecule has 2 amide bonds. The van der Waals surface area contributed by atoms with Crippen molar-refractivity contribution in [2.45, 2.75) is 23.3 Å². The predicted octanol–water partition coefficient (Wildman–Crippen LogP) is 5.49. The van der Waals surface area contributed by atoms with Crippen LogP contribution in [0.4, 0.5) is 5.69 Å². The van der Waals surface area contributed by atoms with Gasteiger partial charge in [0.15, 0.2) is 14.5 Å². The molecule has 0 aliphatic carbocycles. The van der Waals surface area contributed by atoms with Crippen molar-refractivity contribution in [3.05, 3.63) is 77.1 Å². The molecule has 0 unspecified atom stereocenters. The Labute approximate surface area is 203 Å². The lowest BCUT2D eigenvalue weighted by Gasteiger charge is -2.29. The number of benzene rings is 2. The standard InChI is InChI=1S/C24H17N3O3S3/c1-13-7-8-15(11-14(13)2)27-22(29)17(21(28)26-23(27)31)12-16-9-10-20(30-16)33-24-25-18-5-3-4-6-19(18)32-24/h3-12H,1-2H3,(H,26,28,31)/b17-12+. The highest BCUT2D eigenvalue weighted by Gasteiger charge is 2.34. The second-order valence-electron chi connectivity index (χ2n) is 7.43. The quantitative estimate of drug-likeness (QED) is 0.231. The Kier molecular flexibility index (Phi) is 5.61. The van der Waals surface area contributed by atoms with Gasteiger partial charge in [0.05, 0.1) is 15.9 Å². The molecule has 3 heterocycles. The van der Waals surface area contributed by atoms with Crippen LogP contribution in [0.3, 0.4) is 0 Å². The molecule has 1 fully saturated rings. The van der Waals surface area contributed by atoms with Crippen molar-refractivity contribution in [3.8, 4) is 0 Å². The zero-order chi connectivity index (χ0) is 23.1. The first-order valence-corrected chi connectivity index (χ1v) is 12.0. The van der Waals surface area contributed by atoms with Gasteiger partial charge in [-0.3, -0.25) is 19.8 Å². The summed E-state index contributed by atoms with van der Waals surface area (Å²) in [7, 11) is 0. The van der Waals surface area contributed by atoms with E-state index in [2.05, 4.69) is 10.3 Å². The van der Waals surface area contributed by atoms with E-state index < -0.39 is 11.8 Å². The summed E-state index contributed by atoms with van der Waals surface area (Å²) in [6.45, 7) is 3.95.